The van der Waals surface area contributed by atoms with Gasteiger partial charge in [0.2, 0.25) is 0 Å². The minimum atomic E-state index is -0.775. The fourth-order valence-electron chi connectivity index (χ4n) is 1.87. The summed E-state index contributed by atoms with van der Waals surface area (Å²) < 4.78 is 27.9. The Morgan fingerprint density at radius 3 is 2.90 bits per heavy atom. The molecule has 0 aliphatic heterocycles. The van der Waals surface area contributed by atoms with Gasteiger partial charge in [-0.1, -0.05) is 6.07 Å². The first-order valence-corrected chi connectivity index (χ1v) is 5.86. The highest BCUT2D eigenvalue weighted by atomic mass is 19.1. The van der Waals surface area contributed by atoms with Gasteiger partial charge in [0.25, 0.3) is 0 Å². The highest BCUT2D eigenvalue weighted by molar-refractivity contribution is 5.87. The van der Waals surface area contributed by atoms with Crippen molar-refractivity contribution in [3.05, 3.63) is 41.5 Å². The molecule has 0 aliphatic carbocycles. The summed E-state index contributed by atoms with van der Waals surface area (Å²) >= 11 is 0. The predicted molar refractivity (Wildman–Crippen MR) is 72.7 cm³/mol. The maximum atomic E-state index is 14.0. The average molecular weight is 286 g/mol. The van der Waals surface area contributed by atoms with Gasteiger partial charge in [-0.3, -0.25) is 5.10 Å². The Morgan fingerprint density at radius 2 is 2.14 bits per heavy atom. The highest BCUT2D eigenvalue weighted by Crippen LogP contribution is 2.26. The summed E-state index contributed by atoms with van der Waals surface area (Å²) in [5.74, 6) is -1.50. The number of nitrogens with zero attached hydrogens (tertiary/aromatic N) is 3. The number of H-pyrrole nitrogens is 1. The first-order valence-electron chi connectivity index (χ1n) is 5.86. The summed E-state index contributed by atoms with van der Waals surface area (Å²) in [5.41, 5.74) is 5.57. The quantitative estimate of drug-likeness (QED) is 0.671. The van der Waals surface area contributed by atoms with E-state index in [4.69, 9.17) is 11.0 Å². The summed E-state index contributed by atoms with van der Waals surface area (Å²) in [7, 11) is 0. The van der Waals surface area contributed by atoms with Crippen molar-refractivity contribution in [1.82, 2.24) is 15.2 Å². The molecule has 2 aromatic heterocycles. The Morgan fingerprint density at radius 1 is 1.33 bits per heavy atom. The van der Waals surface area contributed by atoms with Gasteiger partial charge in [0.1, 0.15) is 11.9 Å². The van der Waals surface area contributed by atoms with Crippen molar-refractivity contribution in [3.8, 4) is 6.07 Å². The second-order valence-corrected chi connectivity index (χ2v) is 4.23. The monoisotopic (exact) mass is 286 g/mol. The molecule has 2 heterocycles. The van der Waals surface area contributed by atoms with E-state index in [9.17, 15) is 8.78 Å². The molecule has 0 atom stereocenters. The molecule has 6 nitrogen and oxygen atoms in total. The van der Waals surface area contributed by atoms with Crippen molar-refractivity contribution >= 4 is 28.4 Å². The molecule has 0 amide bonds. The Balaban J connectivity index is 2.06. The molecule has 0 radical (unpaired) electrons. The molecule has 0 fully saturated rings. The topological polar surface area (TPSA) is 103 Å². The first-order chi connectivity index (χ1) is 10.1. The van der Waals surface area contributed by atoms with E-state index in [1.165, 1.54) is 18.2 Å². The number of nitrogen functional groups attached to an aromatic ring is 1. The summed E-state index contributed by atoms with van der Waals surface area (Å²) in [4.78, 5) is 3.93. The molecule has 0 saturated heterocycles. The number of hydrogen-bond acceptors (Lipinski definition) is 5. The Hall–Kier alpha value is -3.21. The van der Waals surface area contributed by atoms with Crippen LogP contribution in [0.2, 0.25) is 0 Å². The SMILES string of the molecule is N#Cc1cccc(Nc2nc3n[nH]c(N)c3cc2F)c1F. The van der Waals surface area contributed by atoms with E-state index >= 15 is 0 Å². The standard InChI is InChI=1S/C13H8F2N6/c14-8-4-7-11(17)20-21-12(7)19-13(8)18-9-3-1-2-6(5-16)10(9)15/h1-4H,(H4,17,18,19,20,21). The normalized spacial score (nSPS) is 10.5. The molecule has 0 aliphatic rings. The molecule has 21 heavy (non-hydrogen) atoms. The first kappa shape index (κ1) is 12.8. The van der Waals surface area contributed by atoms with Gasteiger partial charge >= 0.3 is 0 Å². The van der Waals surface area contributed by atoms with E-state index < -0.39 is 11.6 Å². The molecule has 0 unspecified atom stereocenters. The van der Waals surface area contributed by atoms with Crippen LogP contribution in [0.4, 0.5) is 26.1 Å². The van der Waals surface area contributed by atoms with Crippen LogP contribution in [0.1, 0.15) is 5.56 Å². The zero-order valence-electron chi connectivity index (χ0n) is 10.5. The van der Waals surface area contributed by atoms with Crippen LogP contribution < -0.4 is 11.1 Å². The fraction of sp³-hybridized carbons (Fsp3) is 0. The number of nitrogens with one attached hydrogen (secondary N) is 2. The van der Waals surface area contributed by atoms with Gasteiger partial charge in [-0.25, -0.2) is 13.8 Å². The van der Waals surface area contributed by atoms with Crippen molar-refractivity contribution in [1.29, 1.82) is 5.26 Å². The van der Waals surface area contributed by atoms with Crippen LogP contribution in [-0.4, -0.2) is 15.2 Å². The minimum absolute atomic E-state index is 0.0525. The van der Waals surface area contributed by atoms with Crippen LogP contribution in [-0.2, 0) is 0 Å². The summed E-state index contributed by atoms with van der Waals surface area (Å²) in [6, 6.07) is 7.03. The lowest BCUT2D eigenvalue weighted by Gasteiger charge is -2.08. The number of anilines is 3. The molecular formula is C13H8F2N6. The van der Waals surface area contributed by atoms with E-state index in [2.05, 4.69) is 20.5 Å². The Bertz CT molecular complexity index is 880. The van der Waals surface area contributed by atoms with E-state index in [0.29, 0.717) is 5.39 Å². The summed E-state index contributed by atoms with van der Waals surface area (Å²) in [6.07, 6.45) is 0. The maximum Gasteiger partial charge on any atom is 0.185 e. The van der Waals surface area contributed by atoms with Crippen molar-refractivity contribution in [2.24, 2.45) is 0 Å². The predicted octanol–water partition coefficient (Wildman–Crippen LogP) is 2.43. The van der Waals surface area contributed by atoms with E-state index in [1.807, 2.05) is 0 Å². The summed E-state index contributed by atoms with van der Waals surface area (Å²) in [5, 5.41) is 17.9. The van der Waals surface area contributed by atoms with Gasteiger partial charge in [-0.15, -0.1) is 0 Å². The number of halogens is 2. The zero-order valence-corrected chi connectivity index (χ0v) is 10.5. The van der Waals surface area contributed by atoms with Crippen molar-refractivity contribution in [2.75, 3.05) is 11.1 Å². The third-order valence-corrected chi connectivity index (χ3v) is 2.90. The van der Waals surface area contributed by atoms with Crippen LogP contribution in [0.15, 0.2) is 24.3 Å². The molecule has 0 saturated carbocycles. The number of hydrogen-bond donors (Lipinski definition) is 3. The molecule has 4 N–H and O–H groups in total. The second-order valence-electron chi connectivity index (χ2n) is 4.23. The number of pyridine rings is 1. The van der Waals surface area contributed by atoms with Crippen molar-refractivity contribution < 1.29 is 8.78 Å². The lowest BCUT2D eigenvalue weighted by molar-refractivity contribution is 0.621. The average Bonchev–Trinajstić information content (AvgIpc) is 2.82. The largest absolute Gasteiger partial charge is 0.384 e. The number of benzene rings is 1. The van der Waals surface area contributed by atoms with E-state index in [1.54, 1.807) is 6.07 Å². The summed E-state index contributed by atoms with van der Waals surface area (Å²) in [6.45, 7) is 0. The number of nitriles is 1. The molecule has 3 rings (SSSR count). The maximum absolute atomic E-state index is 14.0. The van der Waals surface area contributed by atoms with Crippen LogP contribution in [0.25, 0.3) is 11.0 Å². The van der Waals surface area contributed by atoms with Gasteiger partial charge in [-0.05, 0) is 18.2 Å². The van der Waals surface area contributed by atoms with E-state index in [0.717, 1.165) is 6.07 Å². The van der Waals surface area contributed by atoms with Gasteiger partial charge in [0.05, 0.1) is 16.6 Å². The minimum Gasteiger partial charge on any atom is -0.384 e. The Labute approximate surface area is 117 Å². The lowest BCUT2D eigenvalue weighted by atomic mass is 10.2. The van der Waals surface area contributed by atoms with Crippen molar-refractivity contribution in [3.63, 3.8) is 0 Å². The molecule has 1 aromatic carbocycles. The van der Waals surface area contributed by atoms with Crippen molar-refractivity contribution in [2.45, 2.75) is 0 Å². The third-order valence-electron chi connectivity index (χ3n) is 2.90. The highest BCUT2D eigenvalue weighted by Gasteiger charge is 2.14. The fourth-order valence-corrected chi connectivity index (χ4v) is 1.87. The van der Waals surface area contributed by atoms with Crippen LogP contribution in [0.5, 0.6) is 0 Å². The van der Waals surface area contributed by atoms with Gasteiger partial charge in [-0.2, -0.15) is 10.4 Å². The van der Waals surface area contributed by atoms with Gasteiger partial charge in [0.15, 0.2) is 23.1 Å². The number of nitrogens with two attached hydrogens (primary N) is 1. The zero-order chi connectivity index (χ0) is 15.0. The molecule has 0 spiro atoms. The molecule has 3 aromatic rings. The lowest BCUT2D eigenvalue weighted by Crippen LogP contribution is -2.01. The van der Waals surface area contributed by atoms with E-state index in [-0.39, 0.29) is 28.5 Å². The Kier molecular flexibility index (Phi) is 2.88. The molecule has 8 heteroatoms. The van der Waals surface area contributed by atoms with Crippen LogP contribution in [0.3, 0.4) is 0 Å². The van der Waals surface area contributed by atoms with Gasteiger partial charge in [0, 0.05) is 0 Å². The molecule has 0 bridgehead atoms. The number of fused-ring (bicyclic) bond motifs is 1. The van der Waals surface area contributed by atoms with Crippen LogP contribution >= 0.6 is 0 Å². The number of aromatic amines is 1. The smallest absolute Gasteiger partial charge is 0.185 e. The number of rotatable bonds is 2. The number of aromatic nitrogens is 3. The molecular weight excluding hydrogens is 278 g/mol. The molecule has 104 valence electrons. The second kappa shape index (κ2) is 4.72. The van der Waals surface area contributed by atoms with Crippen LogP contribution in [0, 0.1) is 23.0 Å². The third kappa shape index (κ3) is 2.10. The van der Waals surface area contributed by atoms with Gasteiger partial charge < -0.3 is 11.1 Å².